The van der Waals surface area contributed by atoms with Crippen LogP contribution in [0.15, 0.2) is 0 Å². The van der Waals surface area contributed by atoms with Crippen molar-refractivity contribution in [3.05, 3.63) is 0 Å². The molecule has 1 heterocycles. The number of sulfonamides is 1. The fourth-order valence-corrected chi connectivity index (χ4v) is 2.71. The second-order valence-corrected chi connectivity index (χ2v) is 5.79. The van der Waals surface area contributed by atoms with Gasteiger partial charge in [-0.1, -0.05) is 6.92 Å². The molecule has 0 unspecified atom stereocenters. The molecule has 1 fully saturated rings. The van der Waals surface area contributed by atoms with Gasteiger partial charge >= 0.3 is 0 Å². The van der Waals surface area contributed by atoms with Gasteiger partial charge < -0.3 is 4.90 Å². The molecule has 0 aliphatic carbocycles. The van der Waals surface area contributed by atoms with Crippen LogP contribution in [0.4, 0.5) is 0 Å². The molecule has 0 bridgehead atoms. The van der Waals surface area contributed by atoms with Gasteiger partial charge in [0.15, 0.2) is 0 Å². The average molecular weight is 234 g/mol. The fraction of sp³-hybridized carbons (Fsp3) is 0.889. The van der Waals surface area contributed by atoms with E-state index >= 15 is 0 Å². The lowest BCUT2D eigenvalue weighted by atomic mass is 10.3. The van der Waals surface area contributed by atoms with Crippen molar-refractivity contribution in [3.63, 3.8) is 0 Å². The molecule has 0 atom stereocenters. The van der Waals surface area contributed by atoms with Crippen LogP contribution in [0, 0.1) is 0 Å². The van der Waals surface area contributed by atoms with Crippen LogP contribution in [-0.2, 0) is 14.8 Å². The van der Waals surface area contributed by atoms with E-state index in [4.69, 9.17) is 0 Å². The largest absolute Gasteiger partial charge is 0.340 e. The van der Waals surface area contributed by atoms with Crippen LogP contribution in [-0.4, -0.2) is 55.5 Å². The molecule has 0 spiro atoms. The molecule has 0 aromatic rings. The summed E-state index contributed by atoms with van der Waals surface area (Å²) >= 11 is 0. The van der Waals surface area contributed by atoms with Crippen LogP contribution < -0.4 is 0 Å². The Hall–Kier alpha value is -0.620. The van der Waals surface area contributed by atoms with Crippen LogP contribution in [0.5, 0.6) is 0 Å². The highest BCUT2D eigenvalue weighted by Gasteiger charge is 2.26. The fourth-order valence-electron chi connectivity index (χ4n) is 1.62. The number of piperazine rings is 1. The third-order valence-corrected chi connectivity index (χ3v) is 4.53. The summed E-state index contributed by atoms with van der Waals surface area (Å²) in [5.74, 6) is 0.234. The van der Waals surface area contributed by atoms with E-state index in [1.165, 1.54) is 4.31 Å². The maximum absolute atomic E-state index is 11.5. The molecule has 0 radical (unpaired) electrons. The second-order valence-electron chi connectivity index (χ2n) is 3.53. The quantitative estimate of drug-likeness (QED) is 0.684. The van der Waals surface area contributed by atoms with Crippen LogP contribution in [0.25, 0.3) is 0 Å². The lowest BCUT2D eigenvalue weighted by molar-refractivity contribution is -0.132. The van der Waals surface area contributed by atoms with Crippen molar-refractivity contribution in [1.82, 2.24) is 9.21 Å². The first-order valence-corrected chi connectivity index (χ1v) is 6.87. The van der Waals surface area contributed by atoms with Crippen LogP contribution >= 0.6 is 0 Å². The third-order valence-electron chi connectivity index (χ3n) is 2.65. The number of carbonyl (C=O) groups excluding carboxylic acids is 1. The molecule has 0 aromatic heterocycles. The summed E-state index contributed by atoms with van der Waals surface area (Å²) in [7, 11) is -3.08. The number of carbonyl (C=O) groups is 1. The molecule has 0 N–H and O–H groups in total. The molecule has 1 aliphatic heterocycles. The Bertz CT molecular complexity index is 318. The van der Waals surface area contributed by atoms with Gasteiger partial charge in [0, 0.05) is 32.6 Å². The summed E-state index contributed by atoms with van der Waals surface area (Å²) in [5.41, 5.74) is 0. The number of hydrogen-bond acceptors (Lipinski definition) is 3. The first-order valence-electron chi connectivity index (χ1n) is 5.26. The lowest BCUT2D eigenvalue weighted by Crippen LogP contribution is -2.50. The SMILES string of the molecule is CCC(=O)N1CCN(S(=O)(=O)CC)CC1. The zero-order valence-corrected chi connectivity index (χ0v) is 10.1. The van der Waals surface area contributed by atoms with Gasteiger partial charge in [0.05, 0.1) is 5.75 Å². The van der Waals surface area contributed by atoms with E-state index < -0.39 is 10.0 Å². The van der Waals surface area contributed by atoms with Gasteiger partial charge in [0.25, 0.3) is 0 Å². The zero-order chi connectivity index (χ0) is 11.5. The monoisotopic (exact) mass is 234 g/mol. The second kappa shape index (κ2) is 4.94. The lowest BCUT2D eigenvalue weighted by Gasteiger charge is -2.33. The van der Waals surface area contributed by atoms with Gasteiger partial charge in [0.2, 0.25) is 15.9 Å². The molecule has 0 aromatic carbocycles. The Balaban J connectivity index is 2.53. The van der Waals surface area contributed by atoms with Crippen molar-refractivity contribution >= 4 is 15.9 Å². The molecule has 88 valence electrons. The van der Waals surface area contributed by atoms with Gasteiger partial charge in [0.1, 0.15) is 0 Å². The number of amides is 1. The first-order chi connectivity index (χ1) is 7.01. The van der Waals surface area contributed by atoms with E-state index in [2.05, 4.69) is 0 Å². The summed E-state index contributed by atoms with van der Waals surface area (Å²) in [4.78, 5) is 13.1. The van der Waals surface area contributed by atoms with E-state index in [0.717, 1.165) is 0 Å². The maximum atomic E-state index is 11.5. The molecule has 1 amide bonds. The third kappa shape index (κ3) is 2.92. The van der Waals surface area contributed by atoms with Crippen LogP contribution in [0.3, 0.4) is 0 Å². The minimum absolute atomic E-state index is 0.101. The summed E-state index contributed by atoms with van der Waals surface area (Å²) in [6.07, 6.45) is 0.487. The Morgan fingerprint density at radius 2 is 1.67 bits per heavy atom. The Morgan fingerprint density at radius 1 is 1.13 bits per heavy atom. The van der Waals surface area contributed by atoms with E-state index in [9.17, 15) is 13.2 Å². The van der Waals surface area contributed by atoms with Crippen molar-refractivity contribution in [2.45, 2.75) is 20.3 Å². The Kier molecular flexibility index (Phi) is 4.10. The molecular formula is C9H18N2O3S. The van der Waals surface area contributed by atoms with Gasteiger partial charge in [-0.15, -0.1) is 0 Å². The van der Waals surface area contributed by atoms with E-state index in [1.807, 2.05) is 6.92 Å². The minimum Gasteiger partial charge on any atom is -0.340 e. The van der Waals surface area contributed by atoms with Crippen molar-refractivity contribution in [1.29, 1.82) is 0 Å². The summed E-state index contributed by atoms with van der Waals surface area (Å²) in [6, 6.07) is 0. The van der Waals surface area contributed by atoms with Crippen LogP contribution in [0.1, 0.15) is 20.3 Å². The predicted molar refractivity (Wildman–Crippen MR) is 57.9 cm³/mol. The molecule has 1 aliphatic rings. The molecular weight excluding hydrogens is 216 g/mol. The van der Waals surface area contributed by atoms with E-state index in [1.54, 1.807) is 11.8 Å². The normalized spacial score (nSPS) is 19.2. The Labute approximate surface area is 91.1 Å². The summed E-state index contributed by atoms with van der Waals surface area (Å²) < 4.78 is 24.5. The average Bonchev–Trinajstić information content (AvgIpc) is 2.28. The maximum Gasteiger partial charge on any atom is 0.222 e. The van der Waals surface area contributed by atoms with E-state index in [-0.39, 0.29) is 11.7 Å². The number of nitrogens with zero attached hydrogens (tertiary/aromatic N) is 2. The van der Waals surface area contributed by atoms with Gasteiger partial charge in [-0.25, -0.2) is 8.42 Å². The van der Waals surface area contributed by atoms with Crippen LogP contribution in [0.2, 0.25) is 0 Å². The molecule has 0 saturated carbocycles. The molecule has 6 heteroatoms. The number of hydrogen-bond donors (Lipinski definition) is 0. The highest BCUT2D eigenvalue weighted by molar-refractivity contribution is 7.89. The van der Waals surface area contributed by atoms with Crippen molar-refractivity contribution in [3.8, 4) is 0 Å². The first kappa shape index (κ1) is 12.4. The highest BCUT2D eigenvalue weighted by Crippen LogP contribution is 2.08. The smallest absolute Gasteiger partial charge is 0.222 e. The molecule has 1 rings (SSSR count). The van der Waals surface area contributed by atoms with Crippen molar-refractivity contribution in [2.75, 3.05) is 31.9 Å². The Morgan fingerprint density at radius 3 is 2.07 bits per heavy atom. The number of rotatable bonds is 3. The van der Waals surface area contributed by atoms with E-state index in [0.29, 0.717) is 32.6 Å². The van der Waals surface area contributed by atoms with Crippen molar-refractivity contribution in [2.24, 2.45) is 0 Å². The summed E-state index contributed by atoms with van der Waals surface area (Å²) in [6.45, 7) is 5.36. The highest BCUT2D eigenvalue weighted by atomic mass is 32.2. The zero-order valence-electron chi connectivity index (χ0n) is 9.27. The standard InChI is InChI=1S/C9H18N2O3S/c1-3-9(12)10-5-7-11(8-6-10)15(13,14)4-2/h3-8H2,1-2H3. The molecule has 15 heavy (non-hydrogen) atoms. The molecule has 1 saturated heterocycles. The predicted octanol–water partition coefficient (Wildman–Crippen LogP) is -0.110. The summed E-state index contributed by atoms with van der Waals surface area (Å²) in [5, 5.41) is 0. The topological polar surface area (TPSA) is 57.7 Å². The van der Waals surface area contributed by atoms with Gasteiger partial charge in [-0.3, -0.25) is 4.79 Å². The minimum atomic E-state index is -3.08. The van der Waals surface area contributed by atoms with Gasteiger partial charge in [-0.05, 0) is 6.92 Å². The van der Waals surface area contributed by atoms with Gasteiger partial charge in [-0.2, -0.15) is 4.31 Å². The van der Waals surface area contributed by atoms with Crippen molar-refractivity contribution < 1.29 is 13.2 Å². The molecule has 5 nitrogen and oxygen atoms in total.